The molecule has 0 aliphatic rings. The molecular weight excluding hydrogens is 280 g/mol. The van der Waals surface area contributed by atoms with Gasteiger partial charge < -0.3 is 15.3 Å². The van der Waals surface area contributed by atoms with E-state index in [9.17, 15) is 9.59 Å². The third-order valence-corrected chi connectivity index (χ3v) is 3.29. The highest BCUT2D eigenvalue weighted by Crippen LogP contribution is 2.16. The number of hydrogen-bond donors (Lipinski definition) is 2. The van der Waals surface area contributed by atoms with E-state index in [1.165, 1.54) is 4.90 Å². The Bertz CT molecular complexity index is 629. The molecule has 2 aromatic rings. The molecule has 22 heavy (non-hydrogen) atoms. The molecule has 0 spiro atoms. The monoisotopic (exact) mass is 298 g/mol. The normalized spacial score (nSPS) is 11.5. The van der Waals surface area contributed by atoms with Gasteiger partial charge in [0.05, 0.1) is 0 Å². The van der Waals surface area contributed by atoms with Gasteiger partial charge in [0.1, 0.15) is 6.04 Å². The molecule has 0 fully saturated rings. The second kappa shape index (κ2) is 7.26. The topological polar surface area (TPSA) is 69.6 Å². The molecule has 5 heteroatoms. The lowest BCUT2D eigenvalue weighted by Gasteiger charge is -2.24. The summed E-state index contributed by atoms with van der Waals surface area (Å²) in [5, 5.41) is 11.3. The Balaban J connectivity index is 2.16. The number of carboxylic acid groups (broad SMARTS) is 1. The molecule has 0 bridgehead atoms. The van der Waals surface area contributed by atoms with E-state index in [0.717, 1.165) is 5.56 Å². The van der Waals surface area contributed by atoms with Crippen LogP contribution in [0.3, 0.4) is 0 Å². The Kier molecular flexibility index (Phi) is 5.14. The van der Waals surface area contributed by atoms with Gasteiger partial charge in [-0.3, -0.25) is 4.79 Å². The standard InChI is InChI=1S/C17H18N2O3/c1-19(12-13-8-4-2-5-9-13)16(20)15(18-17(21)22)14-10-6-3-7-11-14/h2-11,15,18H,12H2,1H3,(H,21,22)/t15-/m0/s1. The first kappa shape index (κ1) is 15.6. The van der Waals surface area contributed by atoms with E-state index in [-0.39, 0.29) is 5.91 Å². The second-order valence-corrected chi connectivity index (χ2v) is 4.97. The van der Waals surface area contributed by atoms with Gasteiger partial charge in [0, 0.05) is 13.6 Å². The Morgan fingerprint density at radius 2 is 1.59 bits per heavy atom. The summed E-state index contributed by atoms with van der Waals surface area (Å²) in [7, 11) is 1.66. The molecule has 0 radical (unpaired) electrons. The number of amides is 2. The predicted molar refractivity (Wildman–Crippen MR) is 83.3 cm³/mol. The van der Waals surface area contributed by atoms with Crippen LogP contribution in [-0.4, -0.2) is 29.1 Å². The summed E-state index contributed by atoms with van der Waals surface area (Å²) in [5.74, 6) is -0.294. The zero-order chi connectivity index (χ0) is 15.9. The lowest BCUT2D eigenvalue weighted by atomic mass is 10.1. The average Bonchev–Trinajstić information content (AvgIpc) is 2.53. The van der Waals surface area contributed by atoms with Gasteiger partial charge in [-0.05, 0) is 11.1 Å². The van der Waals surface area contributed by atoms with Crippen molar-refractivity contribution >= 4 is 12.0 Å². The van der Waals surface area contributed by atoms with Gasteiger partial charge in [0.15, 0.2) is 0 Å². The van der Waals surface area contributed by atoms with Crippen LogP contribution < -0.4 is 5.32 Å². The molecule has 0 saturated carbocycles. The summed E-state index contributed by atoms with van der Waals surface area (Å²) in [6.45, 7) is 0.421. The Morgan fingerprint density at radius 3 is 2.14 bits per heavy atom. The van der Waals surface area contributed by atoms with Gasteiger partial charge in [-0.2, -0.15) is 0 Å². The molecule has 1 atom stereocenters. The van der Waals surface area contributed by atoms with Crippen molar-refractivity contribution in [1.82, 2.24) is 10.2 Å². The first-order chi connectivity index (χ1) is 10.6. The fourth-order valence-corrected chi connectivity index (χ4v) is 2.21. The van der Waals surface area contributed by atoms with Gasteiger partial charge in [0.25, 0.3) is 0 Å². The first-order valence-electron chi connectivity index (χ1n) is 6.91. The second-order valence-electron chi connectivity index (χ2n) is 4.97. The number of nitrogens with zero attached hydrogens (tertiary/aromatic N) is 1. The lowest BCUT2D eigenvalue weighted by Crippen LogP contribution is -2.40. The highest BCUT2D eigenvalue weighted by molar-refractivity contribution is 5.86. The van der Waals surface area contributed by atoms with Crippen LogP contribution in [-0.2, 0) is 11.3 Å². The SMILES string of the molecule is CN(Cc1ccccc1)C(=O)[C@@H](NC(=O)O)c1ccccc1. The molecule has 0 unspecified atom stereocenters. The zero-order valence-corrected chi connectivity index (χ0v) is 12.3. The summed E-state index contributed by atoms with van der Waals surface area (Å²) in [6.07, 6.45) is -1.23. The maximum Gasteiger partial charge on any atom is 0.405 e. The fraction of sp³-hybridized carbons (Fsp3) is 0.176. The smallest absolute Gasteiger partial charge is 0.405 e. The number of carbonyl (C=O) groups excluding carboxylic acids is 1. The minimum absolute atomic E-state index is 0.294. The van der Waals surface area contributed by atoms with Crippen molar-refractivity contribution in [2.24, 2.45) is 0 Å². The van der Waals surface area contributed by atoms with E-state index in [4.69, 9.17) is 5.11 Å². The van der Waals surface area contributed by atoms with Gasteiger partial charge in [0.2, 0.25) is 5.91 Å². The van der Waals surface area contributed by atoms with Crippen molar-refractivity contribution in [3.8, 4) is 0 Å². The zero-order valence-electron chi connectivity index (χ0n) is 12.3. The first-order valence-corrected chi connectivity index (χ1v) is 6.91. The molecule has 0 aliphatic heterocycles. The molecule has 114 valence electrons. The maximum atomic E-state index is 12.6. The highest BCUT2D eigenvalue weighted by Gasteiger charge is 2.25. The predicted octanol–water partition coefficient (Wildman–Crippen LogP) is 2.65. The maximum absolute atomic E-state index is 12.6. The number of nitrogens with one attached hydrogen (secondary N) is 1. The van der Waals surface area contributed by atoms with E-state index in [2.05, 4.69) is 5.32 Å². The molecule has 0 aliphatic carbocycles. The molecule has 5 nitrogen and oxygen atoms in total. The van der Waals surface area contributed by atoms with Crippen LogP contribution in [0.4, 0.5) is 4.79 Å². The largest absolute Gasteiger partial charge is 0.465 e. The lowest BCUT2D eigenvalue weighted by molar-refractivity contribution is -0.132. The summed E-state index contributed by atoms with van der Waals surface area (Å²) in [5.41, 5.74) is 1.61. The number of hydrogen-bond acceptors (Lipinski definition) is 2. The number of likely N-dealkylation sites (N-methyl/N-ethyl adjacent to an activating group) is 1. The van der Waals surface area contributed by atoms with Crippen molar-refractivity contribution in [1.29, 1.82) is 0 Å². The molecule has 2 amide bonds. The average molecular weight is 298 g/mol. The number of rotatable bonds is 5. The summed E-state index contributed by atoms with van der Waals surface area (Å²) < 4.78 is 0. The summed E-state index contributed by atoms with van der Waals surface area (Å²) >= 11 is 0. The summed E-state index contributed by atoms with van der Waals surface area (Å²) in [4.78, 5) is 25.1. The van der Waals surface area contributed by atoms with E-state index >= 15 is 0 Å². The molecule has 2 rings (SSSR count). The van der Waals surface area contributed by atoms with Crippen LogP contribution in [0.5, 0.6) is 0 Å². The van der Waals surface area contributed by atoms with Crippen LogP contribution in [0.25, 0.3) is 0 Å². The van der Waals surface area contributed by atoms with Gasteiger partial charge in [-0.25, -0.2) is 4.79 Å². The van der Waals surface area contributed by atoms with Crippen LogP contribution >= 0.6 is 0 Å². The number of carbonyl (C=O) groups is 2. The van der Waals surface area contributed by atoms with Crippen LogP contribution in [0, 0.1) is 0 Å². The van der Waals surface area contributed by atoms with Crippen LogP contribution in [0.2, 0.25) is 0 Å². The molecular formula is C17H18N2O3. The molecule has 0 heterocycles. The fourth-order valence-electron chi connectivity index (χ4n) is 2.21. The Morgan fingerprint density at radius 1 is 1.05 bits per heavy atom. The third kappa shape index (κ3) is 4.09. The van der Waals surface area contributed by atoms with Crippen molar-refractivity contribution in [2.45, 2.75) is 12.6 Å². The van der Waals surface area contributed by atoms with Crippen molar-refractivity contribution < 1.29 is 14.7 Å². The Labute approximate surface area is 129 Å². The van der Waals surface area contributed by atoms with E-state index in [0.29, 0.717) is 12.1 Å². The molecule has 2 aromatic carbocycles. The molecule has 2 N–H and O–H groups in total. The van der Waals surface area contributed by atoms with E-state index in [1.807, 2.05) is 36.4 Å². The van der Waals surface area contributed by atoms with Crippen molar-refractivity contribution in [2.75, 3.05) is 7.05 Å². The third-order valence-electron chi connectivity index (χ3n) is 3.29. The van der Waals surface area contributed by atoms with Gasteiger partial charge in [-0.1, -0.05) is 60.7 Å². The quantitative estimate of drug-likeness (QED) is 0.891. The molecule has 0 aromatic heterocycles. The minimum Gasteiger partial charge on any atom is -0.465 e. The van der Waals surface area contributed by atoms with Crippen molar-refractivity contribution in [3.05, 3.63) is 71.8 Å². The summed E-state index contributed by atoms with van der Waals surface area (Å²) in [6, 6.07) is 17.5. The van der Waals surface area contributed by atoms with Crippen molar-refractivity contribution in [3.63, 3.8) is 0 Å². The number of benzene rings is 2. The van der Waals surface area contributed by atoms with Gasteiger partial charge >= 0.3 is 6.09 Å². The van der Waals surface area contributed by atoms with Crippen LogP contribution in [0.15, 0.2) is 60.7 Å². The highest BCUT2D eigenvalue weighted by atomic mass is 16.4. The van der Waals surface area contributed by atoms with Gasteiger partial charge in [-0.15, -0.1) is 0 Å². The van der Waals surface area contributed by atoms with E-state index < -0.39 is 12.1 Å². The van der Waals surface area contributed by atoms with E-state index in [1.54, 1.807) is 31.3 Å². The molecule has 0 saturated heterocycles. The Hall–Kier alpha value is -2.82. The minimum atomic E-state index is -1.23. The van der Waals surface area contributed by atoms with Crippen LogP contribution in [0.1, 0.15) is 17.2 Å².